The second-order valence-corrected chi connectivity index (χ2v) is 3.52. The first-order valence-corrected chi connectivity index (χ1v) is 4.19. The number of carboxylic acids is 1. The molecule has 0 bridgehead atoms. The first kappa shape index (κ1) is 12.2. The van der Waals surface area contributed by atoms with Crippen molar-refractivity contribution >= 4 is 16.1 Å². The van der Waals surface area contributed by atoms with Crippen LogP contribution in [0.5, 0.6) is 0 Å². The highest BCUT2D eigenvalue weighted by Crippen LogP contribution is 2.25. The number of carboxylic acid groups (broad SMARTS) is 1. The molecule has 78 valence electrons. The molecule has 13 heavy (non-hydrogen) atoms. The van der Waals surface area contributed by atoms with Gasteiger partial charge in [-0.05, 0) is 6.92 Å². The van der Waals surface area contributed by atoms with Gasteiger partial charge in [-0.1, -0.05) is 0 Å². The van der Waals surface area contributed by atoms with Crippen molar-refractivity contribution in [2.45, 2.75) is 18.5 Å². The maximum absolute atomic E-state index is 11.5. The van der Waals surface area contributed by atoms with E-state index in [9.17, 15) is 31.5 Å². The van der Waals surface area contributed by atoms with E-state index >= 15 is 0 Å². The molecule has 0 aliphatic heterocycles. The van der Waals surface area contributed by atoms with Crippen LogP contribution in [0.4, 0.5) is 13.2 Å². The Bertz CT molecular complexity index is 291. The third-order valence-electron chi connectivity index (χ3n) is 0.886. The molecule has 0 heterocycles. The molecule has 9 heteroatoms. The van der Waals surface area contributed by atoms with Crippen molar-refractivity contribution in [3.05, 3.63) is 0 Å². The van der Waals surface area contributed by atoms with Crippen molar-refractivity contribution in [3.63, 3.8) is 0 Å². The number of hydrogen-bond donors (Lipinski definition) is 0. The molecule has 0 amide bonds. The largest absolute Gasteiger partial charge is 0.547 e. The number of alkyl halides is 3. The molecule has 0 aromatic rings. The number of carbonyl (C=O) groups is 1. The Balaban J connectivity index is 4.64. The Morgan fingerprint density at radius 1 is 1.46 bits per heavy atom. The van der Waals surface area contributed by atoms with Gasteiger partial charge in [0.1, 0.15) is 6.10 Å². The summed E-state index contributed by atoms with van der Waals surface area (Å²) in [6.45, 7) is 0.610. The minimum absolute atomic E-state index is 0.610. The molecule has 0 unspecified atom stereocenters. The van der Waals surface area contributed by atoms with Crippen LogP contribution in [0.25, 0.3) is 0 Å². The Morgan fingerprint density at radius 3 is 2.08 bits per heavy atom. The maximum atomic E-state index is 11.5. The van der Waals surface area contributed by atoms with E-state index in [4.69, 9.17) is 0 Å². The molecule has 0 rings (SSSR count). The Labute approximate surface area is 71.2 Å². The van der Waals surface area contributed by atoms with Crippen LogP contribution in [-0.4, -0.2) is 26.0 Å². The van der Waals surface area contributed by atoms with Gasteiger partial charge in [-0.15, -0.1) is 0 Å². The van der Waals surface area contributed by atoms with Crippen molar-refractivity contribution in [2.75, 3.05) is 0 Å². The molecule has 1 atom stereocenters. The summed E-state index contributed by atoms with van der Waals surface area (Å²) in [5.41, 5.74) is -5.63. The van der Waals surface area contributed by atoms with E-state index < -0.39 is 27.7 Å². The van der Waals surface area contributed by atoms with Crippen LogP contribution in [0, 0.1) is 0 Å². The normalized spacial score (nSPS) is 15.4. The summed E-state index contributed by atoms with van der Waals surface area (Å²) in [5, 5.41) is 9.84. The topological polar surface area (TPSA) is 83.5 Å². The van der Waals surface area contributed by atoms with Crippen molar-refractivity contribution in [1.82, 2.24) is 0 Å². The first-order valence-electron chi connectivity index (χ1n) is 2.78. The first-order chi connectivity index (χ1) is 5.58. The van der Waals surface area contributed by atoms with Crippen LogP contribution < -0.4 is 5.11 Å². The van der Waals surface area contributed by atoms with Crippen molar-refractivity contribution < 1.29 is 35.7 Å². The van der Waals surface area contributed by atoms with Gasteiger partial charge in [-0.3, -0.25) is 4.18 Å². The van der Waals surface area contributed by atoms with Crippen molar-refractivity contribution in [3.8, 4) is 0 Å². The molecule has 0 aromatic heterocycles. The van der Waals surface area contributed by atoms with E-state index in [1.807, 2.05) is 0 Å². The molecule has 0 aliphatic carbocycles. The van der Waals surface area contributed by atoms with E-state index in [1.165, 1.54) is 0 Å². The number of rotatable bonds is 3. The maximum Gasteiger partial charge on any atom is 0.523 e. The molecule has 0 saturated carbocycles. The average Bonchev–Trinajstić information content (AvgIpc) is 1.83. The van der Waals surface area contributed by atoms with Crippen LogP contribution in [0.15, 0.2) is 0 Å². The third-order valence-corrected chi connectivity index (χ3v) is 2.00. The van der Waals surface area contributed by atoms with Gasteiger partial charge in [0.2, 0.25) is 0 Å². The molecular formula is C4H4F3O5S-. The number of halogens is 3. The molecule has 0 aromatic carbocycles. The van der Waals surface area contributed by atoms with E-state index in [-0.39, 0.29) is 0 Å². The SMILES string of the molecule is C[C@H](OS(=O)(=O)C(F)(F)F)C(=O)[O-]. The second kappa shape index (κ2) is 3.50. The fraction of sp³-hybridized carbons (Fsp3) is 0.750. The fourth-order valence-corrected chi connectivity index (χ4v) is 0.852. The predicted octanol–water partition coefficient (Wildman–Crippen LogP) is -1.01. The number of aliphatic carboxylic acids is 1. The van der Waals surface area contributed by atoms with Gasteiger partial charge in [0, 0.05) is 0 Å². The standard InChI is InChI=1S/C4H5F3O5S/c1-2(3(8)9)12-13(10,11)4(5,6)7/h2H,1H3,(H,8,9)/p-1/t2-/m0/s1. The molecule has 0 saturated heterocycles. The Hall–Kier alpha value is -0.830. The van der Waals surface area contributed by atoms with E-state index in [0.717, 1.165) is 0 Å². The van der Waals surface area contributed by atoms with Gasteiger partial charge in [-0.25, -0.2) is 0 Å². The third kappa shape index (κ3) is 3.19. The summed E-state index contributed by atoms with van der Waals surface area (Å²) >= 11 is 0. The van der Waals surface area contributed by atoms with Crippen LogP contribution in [0.2, 0.25) is 0 Å². The summed E-state index contributed by atoms with van der Waals surface area (Å²) in [6, 6.07) is 0. The van der Waals surface area contributed by atoms with Gasteiger partial charge in [0.25, 0.3) is 0 Å². The summed E-state index contributed by atoms with van der Waals surface area (Å²) in [6.07, 6.45) is -2.17. The lowest BCUT2D eigenvalue weighted by molar-refractivity contribution is -0.312. The molecule has 0 aliphatic rings. The summed E-state index contributed by atoms with van der Waals surface area (Å²) in [7, 11) is -5.86. The van der Waals surface area contributed by atoms with Crippen LogP contribution in [0.3, 0.4) is 0 Å². The monoisotopic (exact) mass is 221 g/mol. The molecule has 0 spiro atoms. The van der Waals surface area contributed by atoms with Crippen LogP contribution in [-0.2, 0) is 19.1 Å². The smallest absolute Gasteiger partial charge is 0.523 e. The minimum Gasteiger partial charge on any atom is -0.547 e. The van der Waals surface area contributed by atoms with Gasteiger partial charge in [-0.2, -0.15) is 21.6 Å². The Kier molecular flexibility index (Phi) is 3.28. The van der Waals surface area contributed by atoms with E-state index in [0.29, 0.717) is 6.92 Å². The molecular weight excluding hydrogens is 217 g/mol. The molecule has 0 N–H and O–H groups in total. The van der Waals surface area contributed by atoms with Gasteiger partial charge in [0.15, 0.2) is 0 Å². The molecule has 0 radical (unpaired) electrons. The summed E-state index contributed by atoms with van der Waals surface area (Å²) < 4.78 is 58.1. The predicted molar refractivity (Wildman–Crippen MR) is 30.5 cm³/mol. The number of hydrogen-bond acceptors (Lipinski definition) is 5. The van der Waals surface area contributed by atoms with Gasteiger partial charge >= 0.3 is 15.6 Å². The zero-order valence-electron chi connectivity index (χ0n) is 6.16. The lowest BCUT2D eigenvalue weighted by Gasteiger charge is -2.14. The Morgan fingerprint density at radius 2 is 1.85 bits per heavy atom. The van der Waals surface area contributed by atoms with Crippen LogP contribution in [0.1, 0.15) is 6.92 Å². The van der Waals surface area contributed by atoms with Gasteiger partial charge in [0.05, 0.1) is 5.97 Å². The van der Waals surface area contributed by atoms with Crippen molar-refractivity contribution in [2.24, 2.45) is 0 Å². The molecule has 5 nitrogen and oxygen atoms in total. The average molecular weight is 221 g/mol. The van der Waals surface area contributed by atoms with Gasteiger partial charge < -0.3 is 9.90 Å². The quantitative estimate of drug-likeness (QED) is 0.450. The highest BCUT2D eigenvalue weighted by atomic mass is 32.2. The highest BCUT2D eigenvalue weighted by molar-refractivity contribution is 7.87. The summed E-state index contributed by atoms with van der Waals surface area (Å²) in [4.78, 5) is 9.84. The van der Waals surface area contributed by atoms with E-state index in [1.54, 1.807) is 0 Å². The highest BCUT2D eigenvalue weighted by Gasteiger charge is 2.48. The summed E-state index contributed by atoms with van der Waals surface area (Å²) in [5.74, 6) is -2.05. The zero-order chi connectivity index (χ0) is 10.9. The van der Waals surface area contributed by atoms with E-state index in [2.05, 4.69) is 4.18 Å². The van der Waals surface area contributed by atoms with Crippen LogP contribution >= 0.6 is 0 Å². The van der Waals surface area contributed by atoms with Crippen molar-refractivity contribution in [1.29, 1.82) is 0 Å². The molecule has 0 fully saturated rings. The number of carbonyl (C=O) groups excluding carboxylic acids is 1. The lowest BCUT2D eigenvalue weighted by atomic mass is 10.4. The fourth-order valence-electron chi connectivity index (χ4n) is 0.284. The second-order valence-electron chi connectivity index (χ2n) is 1.96. The minimum atomic E-state index is -5.86. The lowest BCUT2D eigenvalue weighted by Crippen LogP contribution is -2.39. The zero-order valence-corrected chi connectivity index (χ0v) is 6.98.